The third-order valence-electron chi connectivity index (χ3n) is 3.27. The van der Waals surface area contributed by atoms with E-state index in [-0.39, 0.29) is 30.0 Å². The van der Waals surface area contributed by atoms with Gasteiger partial charge in [0.05, 0.1) is 12.7 Å². The van der Waals surface area contributed by atoms with Gasteiger partial charge in [-0.2, -0.15) is 15.0 Å². The first-order valence-electron chi connectivity index (χ1n) is 6.68. The Kier molecular flexibility index (Phi) is 5.35. The van der Waals surface area contributed by atoms with Gasteiger partial charge >= 0.3 is 0 Å². The minimum Gasteiger partial charge on any atom is -0.374 e. The van der Waals surface area contributed by atoms with Crippen molar-refractivity contribution >= 4 is 33.5 Å². The summed E-state index contributed by atoms with van der Waals surface area (Å²) in [5, 5.41) is 11.4. The lowest BCUT2D eigenvalue weighted by atomic mass is 10.3. The highest BCUT2D eigenvalue weighted by atomic mass is 35.5. The second kappa shape index (κ2) is 6.88. The molecule has 2 N–H and O–H groups in total. The summed E-state index contributed by atoms with van der Waals surface area (Å²) < 4.78 is 32.9. The molecule has 2 aromatic rings. The summed E-state index contributed by atoms with van der Waals surface area (Å²) >= 11 is 0. The molecule has 1 aliphatic heterocycles. The quantitative estimate of drug-likeness (QED) is 0.785. The van der Waals surface area contributed by atoms with Gasteiger partial charge < -0.3 is 10.1 Å². The van der Waals surface area contributed by atoms with E-state index in [9.17, 15) is 8.42 Å². The van der Waals surface area contributed by atoms with E-state index in [0.717, 1.165) is 6.54 Å². The SMILES string of the molecule is Cl.Cn1nc2cccc(S(=O)(=O)NCC3CNCCO3)c2n1. The standard InChI is InChI=1S/C12H17N5O3S.ClH/c1-17-15-10-3-2-4-11(12(10)16-17)21(18,19)14-8-9-7-13-5-6-20-9;/h2-4,9,13-14H,5-8H2,1H3;1H. The van der Waals surface area contributed by atoms with E-state index in [1.54, 1.807) is 19.2 Å². The summed E-state index contributed by atoms with van der Waals surface area (Å²) in [6.07, 6.45) is -0.158. The number of fused-ring (bicyclic) bond motifs is 1. The lowest BCUT2D eigenvalue weighted by molar-refractivity contribution is 0.0324. The predicted octanol–water partition coefficient (Wildman–Crippen LogP) is -0.343. The van der Waals surface area contributed by atoms with Crippen LogP contribution in [0.1, 0.15) is 0 Å². The van der Waals surface area contributed by atoms with Crippen molar-refractivity contribution in [1.29, 1.82) is 0 Å². The van der Waals surface area contributed by atoms with Crippen LogP contribution in [0.15, 0.2) is 23.1 Å². The monoisotopic (exact) mass is 347 g/mol. The Morgan fingerprint density at radius 3 is 3.00 bits per heavy atom. The highest BCUT2D eigenvalue weighted by Crippen LogP contribution is 2.19. The zero-order valence-electron chi connectivity index (χ0n) is 12.0. The predicted molar refractivity (Wildman–Crippen MR) is 83.6 cm³/mol. The van der Waals surface area contributed by atoms with E-state index in [0.29, 0.717) is 24.2 Å². The van der Waals surface area contributed by atoms with Crippen molar-refractivity contribution in [3.63, 3.8) is 0 Å². The van der Waals surface area contributed by atoms with Crippen LogP contribution in [0, 0.1) is 0 Å². The van der Waals surface area contributed by atoms with Crippen molar-refractivity contribution in [2.24, 2.45) is 7.05 Å². The number of aromatic nitrogens is 3. The molecule has 0 spiro atoms. The van der Waals surface area contributed by atoms with Gasteiger partial charge in [0.15, 0.2) is 0 Å². The summed E-state index contributed by atoms with van der Waals surface area (Å²) in [5.41, 5.74) is 0.922. The van der Waals surface area contributed by atoms with E-state index in [1.807, 2.05) is 0 Å². The summed E-state index contributed by atoms with van der Waals surface area (Å²) in [6.45, 7) is 2.25. The number of sulfonamides is 1. The fourth-order valence-electron chi connectivity index (χ4n) is 2.26. The van der Waals surface area contributed by atoms with Gasteiger partial charge in [-0.15, -0.1) is 12.4 Å². The first-order chi connectivity index (χ1) is 10.1. The molecule has 1 atom stereocenters. The first-order valence-corrected chi connectivity index (χ1v) is 8.16. The van der Waals surface area contributed by atoms with Crippen molar-refractivity contribution < 1.29 is 13.2 Å². The minimum absolute atomic E-state index is 0. The Morgan fingerprint density at radius 2 is 2.27 bits per heavy atom. The summed E-state index contributed by atoms with van der Waals surface area (Å²) in [4.78, 5) is 1.49. The largest absolute Gasteiger partial charge is 0.374 e. The molecule has 1 aromatic heterocycles. The zero-order chi connectivity index (χ0) is 14.9. The van der Waals surface area contributed by atoms with Crippen molar-refractivity contribution in [2.75, 3.05) is 26.2 Å². The van der Waals surface area contributed by atoms with E-state index >= 15 is 0 Å². The average Bonchev–Trinajstić information content (AvgIpc) is 2.86. The van der Waals surface area contributed by atoms with Crippen LogP contribution >= 0.6 is 12.4 Å². The van der Waals surface area contributed by atoms with Gasteiger partial charge in [0.25, 0.3) is 0 Å². The molecular weight excluding hydrogens is 330 g/mol. The number of aryl methyl sites for hydroxylation is 1. The molecule has 1 unspecified atom stereocenters. The number of morpholine rings is 1. The van der Waals surface area contributed by atoms with Crippen LogP contribution in [-0.2, 0) is 21.8 Å². The van der Waals surface area contributed by atoms with Gasteiger partial charge in [0.1, 0.15) is 15.9 Å². The van der Waals surface area contributed by atoms with Crippen LogP contribution in [-0.4, -0.2) is 55.8 Å². The van der Waals surface area contributed by atoms with Crippen LogP contribution < -0.4 is 10.0 Å². The molecule has 8 nitrogen and oxygen atoms in total. The molecule has 1 saturated heterocycles. The van der Waals surface area contributed by atoms with Crippen molar-refractivity contribution in [2.45, 2.75) is 11.0 Å². The summed E-state index contributed by atoms with van der Waals surface area (Å²) in [5.74, 6) is 0. The number of nitrogens with zero attached hydrogens (tertiary/aromatic N) is 3. The van der Waals surface area contributed by atoms with Crippen LogP contribution in [0.2, 0.25) is 0 Å². The van der Waals surface area contributed by atoms with Crippen LogP contribution in [0.3, 0.4) is 0 Å². The first kappa shape index (κ1) is 17.1. The second-order valence-electron chi connectivity index (χ2n) is 4.86. The molecule has 3 rings (SSSR count). The second-order valence-corrected chi connectivity index (χ2v) is 6.60. The molecular formula is C12H18ClN5O3S. The third kappa shape index (κ3) is 3.55. The van der Waals surface area contributed by atoms with E-state index in [2.05, 4.69) is 20.2 Å². The fraction of sp³-hybridized carbons (Fsp3) is 0.500. The average molecular weight is 348 g/mol. The maximum absolute atomic E-state index is 12.4. The van der Waals surface area contributed by atoms with Crippen LogP contribution in [0.4, 0.5) is 0 Å². The molecule has 2 heterocycles. The molecule has 22 heavy (non-hydrogen) atoms. The Balaban J connectivity index is 0.00000176. The van der Waals surface area contributed by atoms with Crippen LogP contribution in [0.25, 0.3) is 11.0 Å². The Bertz CT molecular complexity index is 742. The minimum atomic E-state index is -3.65. The number of nitrogens with one attached hydrogen (secondary N) is 2. The van der Waals surface area contributed by atoms with E-state index < -0.39 is 10.0 Å². The molecule has 1 aliphatic rings. The molecule has 1 aromatic carbocycles. The molecule has 122 valence electrons. The summed E-state index contributed by atoms with van der Waals surface area (Å²) in [7, 11) is -1.99. The highest BCUT2D eigenvalue weighted by molar-refractivity contribution is 7.89. The maximum atomic E-state index is 12.4. The number of ether oxygens (including phenoxy) is 1. The van der Waals surface area contributed by atoms with Gasteiger partial charge in [-0.25, -0.2) is 13.1 Å². The lowest BCUT2D eigenvalue weighted by Crippen LogP contribution is -2.45. The van der Waals surface area contributed by atoms with Gasteiger partial charge in [0.2, 0.25) is 10.0 Å². The van der Waals surface area contributed by atoms with Gasteiger partial charge in [-0.3, -0.25) is 0 Å². The number of hydrogen-bond acceptors (Lipinski definition) is 6. The van der Waals surface area contributed by atoms with Gasteiger partial charge in [-0.05, 0) is 12.1 Å². The third-order valence-corrected chi connectivity index (χ3v) is 4.72. The maximum Gasteiger partial charge on any atom is 0.242 e. The molecule has 0 aliphatic carbocycles. The molecule has 0 radical (unpaired) electrons. The van der Waals surface area contributed by atoms with E-state index in [4.69, 9.17) is 4.74 Å². The Morgan fingerprint density at radius 1 is 1.45 bits per heavy atom. The van der Waals surface area contributed by atoms with Crippen molar-refractivity contribution in [3.8, 4) is 0 Å². The smallest absolute Gasteiger partial charge is 0.242 e. The van der Waals surface area contributed by atoms with Crippen LogP contribution in [0.5, 0.6) is 0 Å². The van der Waals surface area contributed by atoms with Gasteiger partial charge in [-0.1, -0.05) is 6.07 Å². The Labute approximate surface area is 134 Å². The number of benzene rings is 1. The summed E-state index contributed by atoms with van der Waals surface area (Å²) in [6, 6.07) is 4.92. The highest BCUT2D eigenvalue weighted by Gasteiger charge is 2.22. The van der Waals surface area contributed by atoms with Gasteiger partial charge in [0, 0.05) is 26.7 Å². The van der Waals surface area contributed by atoms with Crippen molar-refractivity contribution in [1.82, 2.24) is 25.0 Å². The molecule has 1 fully saturated rings. The number of hydrogen-bond donors (Lipinski definition) is 2. The molecule has 0 saturated carbocycles. The molecule has 10 heteroatoms. The fourth-order valence-corrected chi connectivity index (χ4v) is 3.48. The van der Waals surface area contributed by atoms with E-state index in [1.165, 1.54) is 10.9 Å². The number of halogens is 1. The van der Waals surface area contributed by atoms with Crippen molar-refractivity contribution in [3.05, 3.63) is 18.2 Å². The zero-order valence-corrected chi connectivity index (χ0v) is 13.7. The Hall–Kier alpha value is -1.26. The normalized spacial score (nSPS) is 19.0. The lowest BCUT2D eigenvalue weighted by Gasteiger charge is -2.23. The molecule has 0 bridgehead atoms. The number of rotatable bonds is 4. The topological polar surface area (TPSA) is 98.1 Å². The molecule has 0 amide bonds.